The maximum atomic E-state index is 12.9. The molecule has 0 saturated heterocycles. The molecule has 2 unspecified atom stereocenters. The van der Waals surface area contributed by atoms with Gasteiger partial charge in [0.2, 0.25) is 0 Å². The lowest BCUT2D eigenvalue weighted by Gasteiger charge is -2.22. The Morgan fingerprint density at radius 2 is 1.75 bits per heavy atom. The first-order chi connectivity index (χ1) is 9.29. The van der Waals surface area contributed by atoms with Gasteiger partial charge < -0.3 is 5.73 Å². The molecule has 2 rings (SSSR count). The van der Waals surface area contributed by atoms with Gasteiger partial charge in [0.1, 0.15) is 5.82 Å². The Hall–Kier alpha value is -1.89. The van der Waals surface area contributed by atoms with Crippen molar-refractivity contribution >= 4 is 0 Å². The van der Waals surface area contributed by atoms with Gasteiger partial charge in [-0.15, -0.1) is 0 Å². The fraction of sp³-hybridized carbons (Fsp3) is 0.308. The maximum absolute atomic E-state index is 12.9. The van der Waals surface area contributed by atoms with Gasteiger partial charge in [-0.1, -0.05) is 12.1 Å². The van der Waals surface area contributed by atoms with Crippen LogP contribution in [0, 0.1) is 5.82 Å². The number of benzene rings is 1. The van der Waals surface area contributed by atoms with E-state index < -0.39 is 29.8 Å². The van der Waals surface area contributed by atoms with Crippen molar-refractivity contribution in [2.45, 2.75) is 25.2 Å². The molecule has 0 aliphatic heterocycles. The van der Waals surface area contributed by atoms with Gasteiger partial charge in [0.25, 0.3) is 0 Å². The normalized spacial score (nSPS) is 15.1. The first-order valence-electron chi connectivity index (χ1n) is 5.92. The van der Waals surface area contributed by atoms with Crippen LogP contribution in [0.1, 0.15) is 24.2 Å². The van der Waals surface area contributed by atoms with Crippen LogP contribution in [0.5, 0.6) is 0 Å². The molecule has 1 aromatic heterocycles. The zero-order chi connectivity index (χ0) is 14.9. The van der Waals surface area contributed by atoms with E-state index in [-0.39, 0.29) is 0 Å². The van der Waals surface area contributed by atoms with E-state index in [0.717, 1.165) is 10.7 Å². The number of rotatable bonds is 3. The number of aromatic nitrogens is 2. The van der Waals surface area contributed by atoms with Crippen LogP contribution in [0.25, 0.3) is 0 Å². The summed E-state index contributed by atoms with van der Waals surface area (Å²) in [6.07, 6.45) is -3.28. The lowest BCUT2D eigenvalue weighted by atomic mass is 10.0. The van der Waals surface area contributed by atoms with Crippen LogP contribution in [0.2, 0.25) is 0 Å². The number of alkyl halides is 3. The van der Waals surface area contributed by atoms with Crippen molar-refractivity contribution in [2.75, 3.05) is 0 Å². The number of halogens is 4. The van der Waals surface area contributed by atoms with E-state index in [0.29, 0.717) is 5.56 Å². The molecule has 108 valence electrons. The van der Waals surface area contributed by atoms with E-state index in [4.69, 9.17) is 5.73 Å². The van der Waals surface area contributed by atoms with Gasteiger partial charge >= 0.3 is 6.18 Å². The Kier molecular flexibility index (Phi) is 3.80. The summed E-state index contributed by atoms with van der Waals surface area (Å²) in [6.45, 7) is 1.66. The number of nitrogens with zero attached hydrogens (tertiary/aromatic N) is 2. The van der Waals surface area contributed by atoms with Gasteiger partial charge in [0, 0.05) is 12.2 Å². The van der Waals surface area contributed by atoms with Crippen molar-refractivity contribution in [3.8, 4) is 0 Å². The summed E-state index contributed by atoms with van der Waals surface area (Å²) >= 11 is 0. The van der Waals surface area contributed by atoms with Gasteiger partial charge in [-0.2, -0.15) is 18.3 Å². The number of hydrogen-bond donors (Lipinski definition) is 1. The second-order valence-electron chi connectivity index (χ2n) is 4.53. The third-order valence-electron chi connectivity index (χ3n) is 2.89. The largest absolute Gasteiger partial charge is 0.435 e. The monoisotopic (exact) mass is 287 g/mol. The minimum atomic E-state index is -4.50. The molecule has 0 spiro atoms. The second-order valence-corrected chi connectivity index (χ2v) is 4.53. The molecule has 0 aliphatic rings. The topological polar surface area (TPSA) is 43.8 Å². The predicted molar refractivity (Wildman–Crippen MR) is 65.4 cm³/mol. The Morgan fingerprint density at radius 1 is 1.15 bits per heavy atom. The standard InChI is InChI=1S/C13H13F4N3/c1-8(18)12(9-2-4-10(14)5-3-9)20-7-6-11(19-20)13(15,16)17/h2-8,12H,18H2,1H3. The number of hydrogen-bond acceptors (Lipinski definition) is 2. The fourth-order valence-corrected chi connectivity index (χ4v) is 2.00. The van der Waals surface area contributed by atoms with Crippen LogP contribution in [0.3, 0.4) is 0 Å². The van der Waals surface area contributed by atoms with Gasteiger partial charge in [0.15, 0.2) is 5.69 Å². The minimum Gasteiger partial charge on any atom is -0.326 e. The summed E-state index contributed by atoms with van der Waals surface area (Å²) in [7, 11) is 0. The van der Waals surface area contributed by atoms with E-state index >= 15 is 0 Å². The Morgan fingerprint density at radius 3 is 2.20 bits per heavy atom. The molecular formula is C13H13F4N3. The van der Waals surface area contributed by atoms with Crippen LogP contribution in [0.15, 0.2) is 36.5 Å². The van der Waals surface area contributed by atoms with Crippen molar-refractivity contribution < 1.29 is 17.6 Å². The van der Waals surface area contributed by atoms with Crippen molar-refractivity contribution in [2.24, 2.45) is 5.73 Å². The highest BCUT2D eigenvalue weighted by Crippen LogP contribution is 2.29. The van der Waals surface area contributed by atoms with E-state index in [1.807, 2.05) is 0 Å². The Bertz CT molecular complexity index is 572. The molecule has 20 heavy (non-hydrogen) atoms. The quantitative estimate of drug-likeness (QED) is 0.882. The molecule has 2 atom stereocenters. The zero-order valence-corrected chi connectivity index (χ0v) is 10.6. The first-order valence-corrected chi connectivity index (χ1v) is 5.92. The van der Waals surface area contributed by atoms with E-state index in [1.165, 1.54) is 30.5 Å². The summed E-state index contributed by atoms with van der Waals surface area (Å²) in [6, 6.07) is 5.25. The van der Waals surface area contributed by atoms with Crippen molar-refractivity contribution in [3.05, 3.63) is 53.6 Å². The van der Waals surface area contributed by atoms with E-state index in [9.17, 15) is 17.6 Å². The van der Waals surface area contributed by atoms with Crippen molar-refractivity contribution in [1.29, 1.82) is 0 Å². The minimum absolute atomic E-state index is 0.423. The van der Waals surface area contributed by atoms with Crippen LogP contribution in [0.4, 0.5) is 17.6 Å². The van der Waals surface area contributed by atoms with Gasteiger partial charge in [-0.3, -0.25) is 4.68 Å². The lowest BCUT2D eigenvalue weighted by molar-refractivity contribution is -0.141. The zero-order valence-electron chi connectivity index (χ0n) is 10.6. The smallest absolute Gasteiger partial charge is 0.326 e. The molecular weight excluding hydrogens is 274 g/mol. The fourth-order valence-electron chi connectivity index (χ4n) is 2.00. The highest BCUT2D eigenvalue weighted by Gasteiger charge is 2.34. The predicted octanol–water partition coefficient (Wildman–Crippen LogP) is 2.98. The summed E-state index contributed by atoms with van der Waals surface area (Å²) in [5.74, 6) is -0.423. The van der Waals surface area contributed by atoms with Crippen LogP contribution < -0.4 is 5.73 Å². The molecule has 0 amide bonds. The van der Waals surface area contributed by atoms with E-state index in [2.05, 4.69) is 5.10 Å². The molecule has 1 aromatic carbocycles. The van der Waals surface area contributed by atoms with Gasteiger partial charge in [-0.05, 0) is 30.7 Å². The maximum Gasteiger partial charge on any atom is 0.435 e. The van der Waals surface area contributed by atoms with Crippen molar-refractivity contribution in [1.82, 2.24) is 9.78 Å². The number of nitrogens with two attached hydrogens (primary N) is 1. The lowest BCUT2D eigenvalue weighted by Crippen LogP contribution is -2.31. The van der Waals surface area contributed by atoms with E-state index in [1.54, 1.807) is 6.92 Å². The first kappa shape index (κ1) is 14.5. The second kappa shape index (κ2) is 5.24. The van der Waals surface area contributed by atoms with Crippen LogP contribution in [-0.4, -0.2) is 15.8 Å². The molecule has 0 fully saturated rings. The molecule has 0 saturated carbocycles. The summed E-state index contributed by atoms with van der Waals surface area (Å²) in [5, 5.41) is 3.52. The molecule has 0 bridgehead atoms. The highest BCUT2D eigenvalue weighted by atomic mass is 19.4. The van der Waals surface area contributed by atoms with Gasteiger partial charge in [-0.25, -0.2) is 4.39 Å². The molecule has 1 heterocycles. The van der Waals surface area contributed by atoms with Crippen LogP contribution in [-0.2, 0) is 6.18 Å². The molecule has 3 nitrogen and oxygen atoms in total. The summed E-state index contributed by atoms with van der Waals surface area (Å²) in [4.78, 5) is 0. The SMILES string of the molecule is CC(N)C(c1ccc(F)cc1)n1ccc(C(F)(F)F)n1. The summed E-state index contributed by atoms with van der Waals surface area (Å²) in [5.41, 5.74) is 5.44. The third-order valence-corrected chi connectivity index (χ3v) is 2.89. The van der Waals surface area contributed by atoms with Crippen LogP contribution >= 0.6 is 0 Å². The molecule has 0 radical (unpaired) electrons. The molecule has 7 heteroatoms. The van der Waals surface area contributed by atoms with Gasteiger partial charge in [0.05, 0.1) is 6.04 Å². The molecule has 2 aromatic rings. The Labute approximate surface area is 113 Å². The average Bonchev–Trinajstić information content (AvgIpc) is 2.80. The highest BCUT2D eigenvalue weighted by molar-refractivity contribution is 5.22. The third kappa shape index (κ3) is 2.98. The average molecular weight is 287 g/mol. The molecule has 0 aliphatic carbocycles. The Balaban J connectivity index is 2.39. The van der Waals surface area contributed by atoms with Crippen molar-refractivity contribution in [3.63, 3.8) is 0 Å². The summed E-state index contributed by atoms with van der Waals surface area (Å²) < 4.78 is 51.8. The molecule has 2 N–H and O–H groups in total.